The van der Waals surface area contributed by atoms with Gasteiger partial charge in [-0.05, 0) is 43.0 Å². The van der Waals surface area contributed by atoms with Crippen LogP contribution in [-0.2, 0) is 9.53 Å². The van der Waals surface area contributed by atoms with Crippen LogP contribution in [0, 0.1) is 6.92 Å². The molecule has 0 spiro atoms. The molecule has 0 radical (unpaired) electrons. The van der Waals surface area contributed by atoms with Crippen molar-refractivity contribution in [3.63, 3.8) is 0 Å². The van der Waals surface area contributed by atoms with Crippen molar-refractivity contribution < 1.29 is 9.53 Å². The zero-order valence-corrected chi connectivity index (χ0v) is 20.8. The number of amides is 1. The van der Waals surface area contributed by atoms with Crippen molar-refractivity contribution in [3.8, 4) is 0 Å². The largest absolute Gasteiger partial charge is 0.379 e. The molecule has 0 aliphatic carbocycles. The molecule has 2 saturated heterocycles. The zero-order chi connectivity index (χ0) is 24.2. The standard InChI is InChI=1S/C24H30N8O2S/c1-3-23(33)25-17-4-6-19(7-5-17)35-24-27-20(26-21-12-16(2)29-30-21)13-22(28-24)32-14-18(15-32)31-8-10-34-11-9-31/h4-7,12-13,18H,3,8-11,14-15H2,1-2H3,(H,25,33)(H2,26,27,28,29,30). The molecule has 11 heteroatoms. The molecule has 1 aromatic carbocycles. The first-order valence-electron chi connectivity index (χ1n) is 11.9. The summed E-state index contributed by atoms with van der Waals surface area (Å²) in [6, 6.07) is 12.2. The number of nitrogens with one attached hydrogen (secondary N) is 3. The molecule has 0 unspecified atom stereocenters. The summed E-state index contributed by atoms with van der Waals surface area (Å²) in [6.45, 7) is 9.27. The normalized spacial score (nSPS) is 16.7. The predicted octanol–water partition coefficient (Wildman–Crippen LogP) is 3.27. The highest BCUT2D eigenvalue weighted by molar-refractivity contribution is 7.99. The molecule has 2 aromatic heterocycles. The lowest BCUT2D eigenvalue weighted by atomic mass is 10.1. The van der Waals surface area contributed by atoms with E-state index in [0.29, 0.717) is 29.3 Å². The lowest BCUT2D eigenvalue weighted by Gasteiger charge is -2.47. The highest BCUT2D eigenvalue weighted by Gasteiger charge is 2.33. The first kappa shape index (κ1) is 23.6. The lowest BCUT2D eigenvalue weighted by Crippen LogP contribution is -2.61. The number of rotatable bonds is 8. The number of nitrogens with zero attached hydrogens (tertiary/aromatic N) is 5. The van der Waals surface area contributed by atoms with Gasteiger partial charge < -0.3 is 20.3 Å². The zero-order valence-electron chi connectivity index (χ0n) is 20.0. The molecule has 10 nitrogen and oxygen atoms in total. The fourth-order valence-corrected chi connectivity index (χ4v) is 4.84. The summed E-state index contributed by atoms with van der Waals surface area (Å²) < 4.78 is 5.49. The fourth-order valence-electron chi connectivity index (χ4n) is 4.07. The molecule has 4 heterocycles. The summed E-state index contributed by atoms with van der Waals surface area (Å²) >= 11 is 1.49. The van der Waals surface area contributed by atoms with Crippen molar-refractivity contribution in [2.75, 3.05) is 54.9 Å². The smallest absolute Gasteiger partial charge is 0.224 e. The van der Waals surface area contributed by atoms with Gasteiger partial charge in [0.1, 0.15) is 11.6 Å². The SMILES string of the molecule is CCC(=O)Nc1ccc(Sc2nc(Nc3cc(C)[nH]n3)cc(N3CC(N4CCOCC4)C3)n2)cc1. The summed E-state index contributed by atoms with van der Waals surface area (Å²) in [5.74, 6) is 2.31. The first-order chi connectivity index (χ1) is 17.1. The van der Waals surface area contributed by atoms with E-state index in [1.807, 2.05) is 50.2 Å². The maximum Gasteiger partial charge on any atom is 0.224 e. The molecule has 35 heavy (non-hydrogen) atoms. The van der Waals surface area contributed by atoms with Crippen molar-refractivity contribution in [2.24, 2.45) is 0 Å². The number of aromatic amines is 1. The van der Waals surface area contributed by atoms with E-state index in [1.165, 1.54) is 11.8 Å². The molecule has 0 atom stereocenters. The summed E-state index contributed by atoms with van der Waals surface area (Å²) in [7, 11) is 0. The van der Waals surface area contributed by atoms with Gasteiger partial charge in [-0.15, -0.1) is 0 Å². The van der Waals surface area contributed by atoms with E-state index in [1.54, 1.807) is 0 Å². The van der Waals surface area contributed by atoms with Crippen LogP contribution in [0.15, 0.2) is 46.5 Å². The minimum atomic E-state index is -0.00399. The predicted molar refractivity (Wildman–Crippen MR) is 137 cm³/mol. The minimum absolute atomic E-state index is 0.00399. The number of hydrogen-bond donors (Lipinski definition) is 3. The van der Waals surface area contributed by atoms with Crippen LogP contribution in [0.4, 0.5) is 23.1 Å². The Morgan fingerprint density at radius 1 is 1.14 bits per heavy atom. The highest BCUT2D eigenvalue weighted by Crippen LogP contribution is 2.31. The number of aromatic nitrogens is 4. The lowest BCUT2D eigenvalue weighted by molar-refractivity contribution is -0.115. The van der Waals surface area contributed by atoms with Gasteiger partial charge in [0.05, 0.1) is 13.2 Å². The number of ether oxygens (including phenoxy) is 1. The number of hydrogen-bond acceptors (Lipinski definition) is 9. The van der Waals surface area contributed by atoms with E-state index < -0.39 is 0 Å². The molecule has 2 aliphatic heterocycles. The van der Waals surface area contributed by atoms with Crippen molar-refractivity contribution in [3.05, 3.63) is 42.1 Å². The van der Waals surface area contributed by atoms with Gasteiger partial charge in [0.2, 0.25) is 5.91 Å². The van der Waals surface area contributed by atoms with E-state index in [0.717, 1.165) is 61.5 Å². The summed E-state index contributed by atoms with van der Waals surface area (Å²) in [5.41, 5.74) is 1.75. The molecule has 2 aliphatic rings. The van der Waals surface area contributed by atoms with E-state index in [9.17, 15) is 4.79 Å². The quantitative estimate of drug-likeness (QED) is 0.406. The molecule has 0 saturated carbocycles. The van der Waals surface area contributed by atoms with Crippen molar-refractivity contribution in [1.29, 1.82) is 0 Å². The minimum Gasteiger partial charge on any atom is -0.379 e. The molecule has 184 valence electrons. The van der Waals surface area contributed by atoms with Crippen LogP contribution in [-0.4, -0.2) is 76.4 Å². The average Bonchev–Trinajstić information content (AvgIpc) is 3.24. The Bertz CT molecular complexity index is 1160. The van der Waals surface area contributed by atoms with Gasteiger partial charge in [0.15, 0.2) is 11.0 Å². The van der Waals surface area contributed by atoms with Crippen LogP contribution >= 0.6 is 11.8 Å². The Labute approximate surface area is 208 Å². The highest BCUT2D eigenvalue weighted by atomic mass is 32.2. The number of aryl methyl sites for hydroxylation is 1. The van der Waals surface area contributed by atoms with Crippen LogP contribution in [0.1, 0.15) is 19.0 Å². The van der Waals surface area contributed by atoms with Crippen LogP contribution < -0.4 is 15.5 Å². The third-order valence-corrected chi connectivity index (χ3v) is 6.94. The van der Waals surface area contributed by atoms with Gasteiger partial charge in [-0.2, -0.15) is 5.10 Å². The maximum absolute atomic E-state index is 11.6. The Hall–Kier alpha value is -3.15. The molecule has 1 amide bonds. The van der Waals surface area contributed by atoms with Crippen molar-refractivity contribution >= 4 is 40.8 Å². The van der Waals surface area contributed by atoms with E-state index >= 15 is 0 Å². The van der Waals surface area contributed by atoms with Crippen LogP contribution in [0.5, 0.6) is 0 Å². The Kier molecular flexibility index (Phi) is 7.16. The van der Waals surface area contributed by atoms with Crippen molar-refractivity contribution in [2.45, 2.75) is 36.4 Å². The fraction of sp³-hybridized carbons (Fsp3) is 0.417. The Morgan fingerprint density at radius 2 is 1.91 bits per heavy atom. The second-order valence-electron chi connectivity index (χ2n) is 8.69. The van der Waals surface area contributed by atoms with Gasteiger partial charge in [0, 0.05) is 67.1 Å². The van der Waals surface area contributed by atoms with E-state index in [-0.39, 0.29) is 5.91 Å². The topological polar surface area (TPSA) is 111 Å². The summed E-state index contributed by atoms with van der Waals surface area (Å²) in [6.07, 6.45) is 0.450. The number of H-pyrrole nitrogens is 1. The van der Waals surface area contributed by atoms with Gasteiger partial charge >= 0.3 is 0 Å². The van der Waals surface area contributed by atoms with E-state index in [4.69, 9.17) is 14.7 Å². The second-order valence-corrected chi connectivity index (χ2v) is 9.73. The third-order valence-electron chi connectivity index (χ3n) is 6.07. The van der Waals surface area contributed by atoms with Crippen LogP contribution in [0.3, 0.4) is 0 Å². The molecular weight excluding hydrogens is 464 g/mol. The van der Waals surface area contributed by atoms with E-state index in [2.05, 4.69) is 30.6 Å². The molecule has 3 N–H and O–H groups in total. The molecule has 2 fully saturated rings. The maximum atomic E-state index is 11.6. The number of morpholine rings is 1. The van der Waals surface area contributed by atoms with Gasteiger partial charge in [0.25, 0.3) is 0 Å². The average molecular weight is 495 g/mol. The van der Waals surface area contributed by atoms with Gasteiger partial charge in [-0.25, -0.2) is 9.97 Å². The number of anilines is 4. The Balaban J connectivity index is 1.32. The monoisotopic (exact) mass is 494 g/mol. The van der Waals surface area contributed by atoms with Gasteiger partial charge in [-0.1, -0.05) is 6.92 Å². The van der Waals surface area contributed by atoms with Crippen LogP contribution in [0.2, 0.25) is 0 Å². The summed E-state index contributed by atoms with van der Waals surface area (Å²) in [4.78, 5) is 27.0. The molecule has 5 rings (SSSR count). The molecule has 3 aromatic rings. The Morgan fingerprint density at radius 3 is 2.60 bits per heavy atom. The second kappa shape index (κ2) is 10.6. The number of carbonyl (C=O) groups is 1. The van der Waals surface area contributed by atoms with Crippen molar-refractivity contribution in [1.82, 2.24) is 25.1 Å². The molecular formula is C24H30N8O2S. The summed E-state index contributed by atoms with van der Waals surface area (Å²) in [5, 5.41) is 14.1. The molecule has 0 bridgehead atoms. The third kappa shape index (κ3) is 5.92. The number of benzene rings is 1. The number of carbonyl (C=O) groups excluding carboxylic acids is 1. The van der Waals surface area contributed by atoms with Gasteiger partial charge in [-0.3, -0.25) is 14.8 Å². The first-order valence-corrected chi connectivity index (χ1v) is 12.7. The van der Waals surface area contributed by atoms with Crippen LogP contribution in [0.25, 0.3) is 0 Å².